The summed E-state index contributed by atoms with van der Waals surface area (Å²) < 4.78 is 10.2. The zero-order valence-corrected chi connectivity index (χ0v) is 17.5. The second-order valence-corrected chi connectivity index (χ2v) is 7.04. The minimum absolute atomic E-state index is 0.0552. The molecule has 0 saturated carbocycles. The number of nitrogens with two attached hydrogens (primary N) is 2. The Morgan fingerprint density at radius 1 is 1.32 bits per heavy atom. The molecule has 0 fully saturated rings. The third-order valence-corrected chi connectivity index (χ3v) is 4.67. The number of guanidine groups is 1. The van der Waals surface area contributed by atoms with E-state index in [1.807, 2.05) is 0 Å². The summed E-state index contributed by atoms with van der Waals surface area (Å²) >= 11 is 0. The molecule has 31 heavy (non-hydrogen) atoms. The minimum atomic E-state index is -0.950. The van der Waals surface area contributed by atoms with E-state index in [2.05, 4.69) is 25.3 Å². The standard InChI is InChI=1S/C19H24N8O4/c1-19(9-14(28)27(2)18(21)26-19)12-8-11(4-5-22-12)24-17(29)15-16(20)25-13(10-23-15)31-7-6-30-3/h4-5,8,10H,6-7,9H2,1-3H3,(H2,20,25)(H2,21,26)(H,22,24,29). The maximum absolute atomic E-state index is 12.6. The summed E-state index contributed by atoms with van der Waals surface area (Å²) in [7, 11) is 3.11. The smallest absolute Gasteiger partial charge is 0.278 e. The van der Waals surface area contributed by atoms with Crippen LogP contribution in [0.25, 0.3) is 0 Å². The number of ether oxygens (including phenoxy) is 2. The highest BCUT2D eigenvalue weighted by Gasteiger charge is 2.37. The predicted molar refractivity (Wildman–Crippen MR) is 112 cm³/mol. The normalized spacial score (nSPS) is 18.5. The second kappa shape index (κ2) is 8.92. The van der Waals surface area contributed by atoms with Crippen molar-refractivity contribution < 1.29 is 19.1 Å². The van der Waals surface area contributed by atoms with Crippen LogP contribution >= 0.6 is 0 Å². The van der Waals surface area contributed by atoms with Gasteiger partial charge in [0.05, 0.1) is 24.9 Å². The maximum Gasteiger partial charge on any atom is 0.278 e. The number of pyridine rings is 1. The van der Waals surface area contributed by atoms with Crippen LogP contribution in [0.1, 0.15) is 29.5 Å². The van der Waals surface area contributed by atoms with Crippen molar-refractivity contribution in [2.75, 3.05) is 38.4 Å². The topological polar surface area (TPSA) is 171 Å². The van der Waals surface area contributed by atoms with E-state index < -0.39 is 11.4 Å². The van der Waals surface area contributed by atoms with Gasteiger partial charge in [-0.05, 0) is 19.1 Å². The third-order valence-electron chi connectivity index (χ3n) is 4.67. The van der Waals surface area contributed by atoms with Gasteiger partial charge < -0.3 is 26.3 Å². The van der Waals surface area contributed by atoms with Crippen molar-refractivity contribution in [3.63, 3.8) is 0 Å². The van der Waals surface area contributed by atoms with Crippen molar-refractivity contribution in [2.24, 2.45) is 10.7 Å². The van der Waals surface area contributed by atoms with Crippen molar-refractivity contribution in [2.45, 2.75) is 18.9 Å². The van der Waals surface area contributed by atoms with E-state index in [1.54, 1.807) is 33.2 Å². The molecule has 2 aromatic rings. The minimum Gasteiger partial charge on any atom is -0.474 e. The van der Waals surface area contributed by atoms with Crippen molar-refractivity contribution in [1.29, 1.82) is 0 Å². The van der Waals surface area contributed by atoms with Gasteiger partial charge in [0.25, 0.3) is 5.91 Å². The number of aromatic nitrogens is 3. The van der Waals surface area contributed by atoms with E-state index in [0.717, 1.165) is 0 Å². The number of hydrogen-bond acceptors (Lipinski definition) is 10. The molecule has 5 N–H and O–H groups in total. The van der Waals surface area contributed by atoms with Gasteiger partial charge in [0.2, 0.25) is 11.8 Å². The third kappa shape index (κ3) is 4.86. The Morgan fingerprint density at radius 3 is 2.77 bits per heavy atom. The summed E-state index contributed by atoms with van der Waals surface area (Å²) in [5.74, 6) is -0.522. The van der Waals surface area contributed by atoms with Gasteiger partial charge in [0.15, 0.2) is 17.5 Å². The number of amides is 2. The largest absolute Gasteiger partial charge is 0.474 e. The van der Waals surface area contributed by atoms with Crippen molar-refractivity contribution >= 4 is 29.3 Å². The van der Waals surface area contributed by atoms with Crippen molar-refractivity contribution in [3.8, 4) is 5.88 Å². The highest BCUT2D eigenvalue weighted by atomic mass is 16.5. The zero-order valence-electron chi connectivity index (χ0n) is 17.5. The van der Waals surface area contributed by atoms with E-state index in [-0.39, 0.29) is 42.3 Å². The average Bonchev–Trinajstić information content (AvgIpc) is 2.72. The lowest BCUT2D eigenvalue weighted by atomic mass is 9.91. The molecule has 3 rings (SSSR count). The molecule has 1 unspecified atom stereocenters. The summed E-state index contributed by atoms with van der Waals surface area (Å²) in [6.45, 7) is 2.41. The van der Waals surface area contributed by atoms with E-state index in [9.17, 15) is 9.59 Å². The zero-order chi connectivity index (χ0) is 22.6. The number of nitrogen functional groups attached to an aromatic ring is 1. The molecule has 0 aromatic carbocycles. The van der Waals surface area contributed by atoms with Gasteiger partial charge in [0, 0.05) is 26.0 Å². The van der Waals surface area contributed by atoms with Crippen LogP contribution in [0.2, 0.25) is 0 Å². The monoisotopic (exact) mass is 428 g/mol. The number of methoxy groups -OCH3 is 1. The Balaban J connectivity index is 1.77. The van der Waals surface area contributed by atoms with Crippen LogP contribution < -0.4 is 21.5 Å². The Hall–Kier alpha value is -3.80. The molecular formula is C19H24N8O4. The van der Waals surface area contributed by atoms with Crippen LogP contribution in [0.3, 0.4) is 0 Å². The fourth-order valence-electron chi connectivity index (χ4n) is 2.91. The number of anilines is 2. The van der Waals surface area contributed by atoms with Crippen molar-refractivity contribution in [3.05, 3.63) is 35.9 Å². The lowest BCUT2D eigenvalue weighted by Gasteiger charge is -2.32. The van der Waals surface area contributed by atoms with Crippen LogP contribution in [0.4, 0.5) is 11.5 Å². The van der Waals surface area contributed by atoms with Crippen LogP contribution in [0, 0.1) is 0 Å². The van der Waals surface area contributed by atoms with E-state index >= 15 is 0 Å². The van der Waals surface area contributed by atoms with Gasteiger partial charge in [-0.2, -0.15) is 4.98 Å². The van der Waals surface area contributed by atoms with Crippen LogP contribution in [0.5, 0.6) is 5.88 Å². The number of rotatable bonds is 7. The molecule has 1 atom stereocenters. The highest BCUT2D eigenvalue weighted by Crippen LogP contribution is 2.32. The highest BCUT2D eigenvalue weighted by molar-refractivity contribution is 6.05. The molecule has 0 saturated heterocycles. The van der Waals surface area contributed by atoms with Crippen molar-refractivity contribution in [1.82, 2.24) is 19.9 Å². The first-order chi connectivity index (χ1) is 14.7. The molecule has 2 amide bonds. The van der Waals surface area contributed by atoms with E-state index in [1.165, 1.54) is 17.3 Å². The summed E-state index contributed by atoms with van der Waals surface area (Å²) in [5.41, 5.74) is 11.6. The van der Waals surface area contributed by atoms with Crippen LogP contribution in [-0.2, 0) is 15.1 Å². The fourth-order valence-corrected chi connectivity index (χ4v) is 2.91. The predicted octanol–water partition coefficient (Wildman–Crippen LogP) is 0.123. The first-order valence-electron chi connectivity index (χ1n) is 9.37. The molecule has 2 aromatic heterocycles. The van der Waals surface area contributed by atoms with Gasteiger partial charge in [0.1, 0.15) is 12.1 Å². The first-order valence-corrected chi connectivity index (χ1v) is 9.37. The molecule has 0 aliphatic carbocycles. The molecule has 12 nitrogen and oxygen atoms in total. The molecule has 0 spiro atoms. The fraction of sp³-hybridized carbons (Fsp3) is 0.368. The molecule has 1 aliphatic rings. The molecule has 164 valence electrons. The molecule has 0 radical (unpaired) electrons. The van der Waals surface area contributed by atoms with Crippen LogP contribution in [0.15, 0.2) is 29.5 Å². The summed E-state index contributed by atoms with van der Waals surface area (Å²) in [6.07, 6.45) is 2.91. The average molecular weight is 428 g/mol. The Bertz CT molecular complexity index is 1030. The molecule has 1 aliphatic heterocycles. The summed E-state index contributed by atoms with van der Waals surface area (Å²) in [4.78, 5) is 42.9. The number of nitrogens with zero attached hydrogens (tertiary/aromatic N) is 5. The Morgan fingerprint density at radius 2 is 2.10 bits per heavy atom. The van der Waals surface area contributed by atoms with Gasteiger partial charge in [-0.1, -0.05) is 0 Å². The van der Waals surface area contributed by atoms with Gasteiger partial charge in [-0.25, -0.2) is 9.98 Å². The Labute approximate surface area is 178 Å². The number of carbonyl (C=O) groups excluding carboxylic acids is 2. The Kier molecular flexibility index (Phi) is 6.30. The summed E-state index contributed by atoms with van der Waals surface area (Å²) in [6, 6.07) is 3.22. The lowest BCUT2D eigenvalue weighted by molar-refractivity contribution is -0.128. The number of carbonyl (C=O) groups is 2. The van der Waals surface area contributed by atoms with Crippen LogP contribution in [-0.4, -0.2) is 65.0 Å². The molecular weight excluding hydrogens is 404 g/mol. The number of hydrogen-bond donors (Lipinski definition) is 3. The van der Waals surface area contributed by atoms with Gasteiger partial charge in [-0.15, -0.1) is 0 Å². The second-order valence-electron chi connectivity index (χ2n) is 7.04. The van der Waals surface area contributed by atoms with Gasteiger partial charge >= 0.3 is 0 Å². The quantitative estimate of drug-likeness (QED) is 0.518. The molecule has 12 heteroatoms. The SMILES string of the molecule is COCCOc1cnc(C(=O)Nc2ccnc(C3(C)CC(=O)N(C)C(N)=N3)c2)c(N)n1. The first kappa shape index (κ1) is 21.9. The van der Waals surface area contributed by atoms with E-state index in [4.69, 9.17) is 20.9 Å². The number of nitrogens with one attached hydrogen (secondary N) is 1. The van der Waals surface area contributed by atoms with E-state index in [0.29, 0.717) is 18.0 Å². The summed E-state index contributed by atoms with van der Waals surface area (Å²) in [5, 5.41) is 2.70. The molecule has 0 bridgehead atoms. The van der Waals surface area contributed by atoms with Gasteiger partial charge in [-0.3, -0.25) is 19.5 Å². The number of aliphatic imine (C=N–C) groups is 1. The lowest BCUT2D eigenvalue weighted by Crippen LogP contribution is -2.47. The maximum atomic E-state index is 12.6. The molecule has 3 heterocycles.